The molecule has 1 aromatic carbocycles. The minimum absolute atomic E-state index is 0.0187. The van der Waals surface area contributed by atoms with Gasteiger partial charge in [-0.2, -0.15) is 18.4 Å². The molecule has 6 nitrogen and oxygen atoms in total. The van der Waals surface area contributed by atoms with Crippen LogP contribution in [-0.4, -0.2) is 29.0 Å². The van der Waals surface area contributed by atoms with Crippen molar-refractivity contribution in [1.29, 1.82) is 5.26 Å². The topological polar surface area (TPSA) is 87.9 Å². The second kappa shape index (κ2) is 7.72. The average molecular weight is 376 g/mol. The van der Waals surface area contributed by atoms with Gasteiger partial charge >= 0.3 is 6.18 Å². The Morgan fingerprint density at radius 2 is 2.15 bits per heavy atom. The lowest BCUT2D eigenvalue weighted by atomic mass is 10.1. The summed E-state index contributed by atoms with van der Waals surface area (Å²) in [6, 6.07) is 8.07. The van der Waals surface area contributed by atoms with Crippen molar-refractivity contribution in [2.24, 2.45) is 0 Å². The number of alkyl halides is 3. The SMILES string of the molecule is N#Cc1cccc(C(=O)NCCc2nc3c(c(C(F)(F)F)n2)COCC3)c1. The van der Waals surface area contributed by atoms with Crippen LogP contribution in [0.3, 0.4) is 0 Å². The predicted octanol–water partition coefficient (Wildman–Crippen LogP) is 2.41. The maximum Gasteiger partial charge on any atom is 0.433 e. The van der Waals surface area contributed by atoms with Crippen molar-refractivity contribution in [1.82, 2.24) is 15.3 Å². The van der Waals surface area contributed by atoms with Gasteiger partial charge in [-0.15, -0.1) is 0 Å². The van der Waals surface area contributed by atoms with Crippen LogP contribution >= 0.6 is 0 Å². The molecule has 1 aliphatic rings. The van der Waals surface area contributed by atoms with Gasteiger partial charge in [-0.3, -0.25) is 4.79 Å². The van der Waals surface area contributed by atoms with Gasteiger partial charge in [0.15, 0.2) is 5.69 Å². The van der Waals surface area contributed by atoms with E-state index in [1.165, 1.54) is 6.07 Å². The van der Waals surface area contributed by atoms with E-state index >= 15 is 0 Å². The van der Waals surface area contributed by atoms with Gasteiger partial charge in [0.2, 0.25) is 0 Å². The number of nitriles is 1. The molecule has 0 bridgehead atoms. The van der Waals surface area contributed by atoms with E-state index in [0.717, 1.165) is 0 Å². The van der Waals surface area contributed by atoms with Crippen LogP contribution in [0.5, 0.6) is 0 Å². The molecule has 3 rings (SSSR count). The fourth-order valence-electron chi connectivity index (χ4n) is 2.75. The third kappa shape index (κ3) is 4.41. The minimum Gasteiger partial charge on any atom is -0.376 e. The zero-order valence-electron chi connectivity index (χ0n) is 14.1. The van der Waals surface area contributed by atoms with E-state index in [0.29, 0.717) is 29.8 Å². The van der Waals surface area contributed by atoms with Crippen molar-refractivity contribution in [2.45, 2.75) is 25.6 Å². The number of ether oxygens (including phenoxy) is 1. The highest BCUT2D eigenvalue weighted by Crippen LogP contribution is 2.33. The lowest BCUT2D eigenvalue weighted by molar-refractivity contribution is -0.143. The number of nitrogens with zero attached hydrogens (tertiary/aromatic N) is 3. The Morgan fingerprint density at radius 1 is 1.33 bits per heavy atom. The first-order chi connectivity index (χ1) is 12.9. The molecule has 0 fully saturated rings. The highest BCUT2D eigenvalue weighted by atomic mass is 19.4. The van der Waals surface area contributed by atoms with Crippen molar-refractivity contribution in [3.05, 3.63) is 58.2 Å². The lowest BCUT2D eigenvalue weighted by Crippen LogP contribution is -2.27. The number of hydrogen-bond donors (Lipinski definition) is 1. The van der Waals surface area contributed by atoms with Gasteiger partial charge in [-0.25, -0.2) is 9.97 Å². The predicted molar refractivity (Wildman–Crippen MR) is 87.6 cm³/mol. The van der Waals surface area contributed by atoms with E-state index in [9.17, 15) is 18.0 Å². The number of carbonyl (C=O) groups excluding carboxylic acids is 1. The van der Waals surface area contributed by atoms with Gasteiger partial charge in [0.1, 0.15) is 5.82 Å². The molecule has 0 aliphatic carbocycles. The van der Waals surface area contributed by atoms with Crippen molar-refractivity contribution in [3.8, 4) is 6.07 Å². The van der Waals surface area contributed by atoms with Crippen LogP contribution < -0.4 is 5.32 Å². The maximum atomic E-state index is 13.3. The molecular formula is C18H15F3N4O2. The first-order valence-corrected chi connectivity index (χ1v) is 8.20. The molecule has 1 N–H and O–H groups in total. The van der Waals surface area contributed by atoms with E-state index < -0.39 is 17.8 Å². The Bertz CT molecular complexity index is 906. The molecule has 0 radical (unpaired) electrons. The number of benzene rings is 1. The molecule has 0 saturated heterocycles. The minimum atomic E-state index is -4.59. The zero-order valence-corrected chi connectivity index (χ0v) is 14.1. The Labute approximate surface area is 153 Å². The number of halogens is 3. The molecule has 0 spiro atoms. The summed E-state index contributed by atoms with van der Waals surface area (Å²) in [7, 11) is 0. The lowest BCUT2D eigenvalue weighted by Gasteiger charge is -2.20. The van der Waals surface area contributed by atoms with Crippen molar-refractivity contribution < 1.29 is 22.7 Å². The molecule has 2 heterocycles. The summed E-state index contributed by atoms with van der Waals surface area (Å²) >= 11 is 0. The van der Waals surface area contributed by atoms with Crippen LogP contribution in [0.15, 0.2) is 24.3 Å². The third-order valence-corrected chi connectivity index (χ3v) is 4.03. The fraction of sp³-hybridized carbons (Fsp3) is 0.333. The molecule has 0 unspecified atom stereocenters. The van der Waals surface area contributed by atoms with Crippen molar-refractivity contribution in [3.63, 3.8) is 0 Å². The summed E-state index contributed by atoms with van der Waals surface area (Å²) in [5, 5.41) is 11.5. The van der Waals surface area contributed by atoms with Gasteiger partial charge in [-0.05, 0) is 18.2 Å². The molecule has 1 aromatic heterocycles. The standard InChI is InChI=1S/C18H15F3N4O2/c19-18(20,21)16-13-10-27-7-5-14(13)24-15(25-16)4-6-23-17(26)12-3-1-2-11(8-12)9-22/h1-3,8H,4-7,10H2,(H,23,26). The van der Waals surface area contributed by atoms with Gasteiger partial charge < -0.3 is 10.1 Å². The molecule has 27 heavy (non-hydrogen) atoms. The summed E-state index contributed by atoms with van der Waals surface area (Å²) in [6.45, 7) is 0.228. The average Bonchev–Trinajstić information content (AvgIpc) is 2.66. The van der Waals surface area contributed by atoms with Gasteiger partial charge in [0.25, 0.3) is 5.91 Å². The molecule has 9 heteroatoms. The Balaban J connectivity index is 1.71. The van der Waals surface area contributed by atoms with Crippen LogP contribution in [0.25, 0.3) is 0 Å². The van der Waals surface area contributed by atoms with Crippen LogP contribution in [-0.2, 0) is 30.4 Å². The molecule has 140 valence electrons. The molecule has 1 aliphatic heterocycles. The van der Waals surface area contributed by atoms with E-state index in [4.69, 9.17) is 10.00 Å². The second-order valence-electron chi connectivity index (χ2n) is 5.91. The van der Waals surface area contributed by atoms with Crippen LogP contribution in [0, 0.1) is 11.3 Å². The monoisotopic (exact) mass is 376 g/mol. The number of rotatable bonds is 4. The number of aromatic nitrogens is 2. The van der Waals surface area contributed by atoms with Crippen molar-refractivity contribution >= 4 is 5.91 Å². The number of nitrogens with one attached hydrogen (secondary N) is 1. The first kappa shape index (κ1) is 18.8. The number of fused-ring (bicyclic) bond motifs is 1. The van der Waals surface area contributed by atoms with Gasteiger partial charge in [0, 0.05) is 30.5 Å². The fourth-order valence-corrected chi connectivity index (χ4v) is 2.75. The molecule has 2 aromatic rings. The van der Waals surface area contributed by atoms with E-state index in [-0.39, 0.29) is 31.0 Å². The molecule has 0 atom stereocenters. The van der Waals surface area contributed by atoms with Crippen molar-refractivity contribution in [2.75, 3.05) is 13.2 Å². The highest BCUT2D eigenvalue weighted by molar-refractivity contribution is 5.94. The molecule has 1 amide bonds. The summed E-state index contributed by atoms with van der Waals surface area (Å²) in [4.78, 5) is 19.9. The van der Waals surface area contributed by atoms with Gasteiger partial charge in [-0.1, -0.05) is 6.07 Å². The summed E-state index contributed by atoms with van der Waals surface area (Å²) < 4.78 is 44.9. The highest BCUT2D eigenvalue weighted by Gasteiger charge is 2.38. The Kier molecular flexibility index (Phi) is 5.37. The van der Waals surface area contributed by atoms with E-state index in [2.05, 4.69) is 15.3 Å². The number of amides is 1. The number of carbonyl (C=O) groups is 1. The normalized spacial score (nSPS) is 13.6. The third-order valence-electron chi connectivity index (χ3n) is 4.03. The van der Waals surface area contributed by atoms with E-state index in [1.54, 1.807) is 18.2 Å². The zero-order chi connectivity index (χ0) is 19.4. The summed E-state index contributed by atoms with van der Waals surface area (Å²) in [5.41, 5.74) is -0.0111. The Hall–Kier alpha value is -2.99. The largest absolute Gasteiger partial charge is 0.433 e. The molecular weight excluding hydrogens is 361 g/mol. The second-order valence-corrected chi connectivity index (χ2v) is 5.91. The summed E-state index contributed by atoms with van der Waals surface area (Å²) in [6.07, 6.45) is -4.24. The van der Waals surface area contributed by atoms with Crippen LogP contribution in [0.1, 0.15) is 38.7 Å². The quantitative estimate of drug-likeness (QED) is 0.885. The summed E-state index contributed by atoms with van der Waals surface area (Å²) in [5.74, 6) is -0.399. The van der Waals surface area contributed by atoms with Crippen LogP contribution in [0.2, 0.25) is 0 Å². The maximum absolute atomic E-state index is 13.3. The van der Waals surface area contributed by atoms with E-state index in [1.807, 2.05) is 6.07 Å². The van der Waals surface area contributed by atoms with Crippen LogP contribution in [0.4, 0.5) is 13.2 Å². The smallest absolute Gasteiger partial charge is 0.376 e. The molecule has 0 saturated carbocycles. The first-order valence-electron chi connectivity index (χ1n) is 8.20. The Morgan fingerprint density at radius 3 is 2.89 bits per heavy atom. The van der Waals surface area contributed by atoms with Gasteiger partial charge in [0.05, 0.1) is 30.5 Å². The number of hydrogen-bond acceptors (Lipinski definition) is 5.